The molecule has 2 nitrogen and oxygen atoms in total. The zero-order chi connectivity index (χ0) is 28.3. The summed E-state index contributed by atoms with van der Waals surface area (Å²) in [5.41, 5.74) is 8.51. The number of para-hydroxylation sites is 1. The topological polar surface area (TPSA) is 12.5 Å². The zero-order valence-corrected chi connectivity index (χ0v) is 23.9. The molecule has 5 rings (SSSR count). The van der Waals surface area contributed by atoms with Crippen molar-refractivity contribution in [3.63, 3.8) is 0 Å². The Balaban J connectivity index is 1.56. The second-order valence-electron chi connectivity index (χ2n) is 10.1. The van der Waals surface area contributed by atoms with Crippen molar-refractivity contribution in [2.75, 3.05) is 20.2 Å². The van der Waals surface area contributed by atoms with Crippen molar-refractivity contribution < 1.29 is 4.74 Å². The molecule has 0 aliphatic carbocycles. The van der Waals surface area contributed by atoms with Gasteiger partial charge in [-0.2, -0.15) is 0 Å². The molecule has 0 heterocycles. The minimum absolute atomic E-state index is 0.124. The lowest BCUT2D eigenvalue weighted by molar-refractivity contribution is 0.254. The molecule has 5 aromatic rings. The summed E-state index contributed by atoms with van der Waals surface area (Å²) >= 11 is 0. The minimum atomic E-state index is 0.124. The number of methoxy groups -OCH3 is 1. The Labute approximate surface area is 244 Å². The summed E-state index contributed by atoms with van der Waals surface area (Å²) in [5.74, 6) is 0.913. The van der Waals surface area contributed by atoms with E-state index in [0.717, 1.165) is 18.8 Å². The van der Waals surface area contributed by atoms with Crippen LogP contribution in [0.4, 0.5) is 0 Å². The molecule has 1 atom stereocenters. The van der Waals surface area contributed by atoms with Gasteiger partial charge in [-0.05, 0) is 46.4 Å². The van der Waals surface area contributed by atoms with Gasteiger partial charge in [-0.3, -0.25) is 4.90 Å². The molecule has 0 aromatic heterocycles. The summed E-state index contributed by atoms with van der Waals surface area (Å²) in [4.78, 5) is 2.51. The van der Waals surface area contributed by atoms with E-state index in [1.54, 1.807) is 7.11 Å². The van der Waals surface area contributed by atoms with Crippen molar-refractivity contribution in [3.05, 3.63) is 186 Å². The summed E-state index contributed by atoms with van der Waals surface area (Å²) in [5, 5.41) is 0. The lowest BCUT2D eigenvalue weighted by atomic mass is 9.96. The van der Waals surface area contributed by atoms with E-state index >= 15 is 0 Å². The summed E-state index contributed by atoms with van der Waals surface area (Å²) in [6.07, 6.45) is 4.74. The molecule has 204 valence electrons. The molecular weight excluding hydrogens is 498 g/mol. The third-order valence-corrected chi connectivity index (χ3v) is 7.54. The average molecular weight is 536 g/mol. The predicted molar refractivity (Wildman–Crippen MR) is 173 cm³/mol. The fraction of sp³-hybridized carbons (Fsp3) is 0.128. The molecule has 0 aliphatic heterocycles. The van der Waals surface area contributed by atoms with Crippen LogP contribution in [0.2, 0.25) is 0 Å². The Bertz CT molecular complexity index is 1380. The highest BCUT2D eigenvalue weighted by atomic mass is 16.5. The highest BCUT2D eigenvalue weighted by molar-refractivity contribution is 5.80. The second kappa shape index (κ2) is 14.1. The van der Waals surface area contributed by atoms with Crippen LogP contribution >= 0.6 is 0 Å². The maximum atomic E-state index is 5.79. The molecular formula is C39H37NO. The smallest absolute Gasteiger partial charge is 0.123 e. The summed E-state index contributed by atoms with van der Waals surface area (Å²) in [6.45, 7) is 3.81. The number of rotatable bonds is 11. The van der Waals surface area contributed by atoms with Crippen molar-refractivity contribution in [1.82, 2.24) is 4.90 Å². The monoisotopic (exact) mass is 535 g/mol. The van der Waals surface area contributed by atoms with E-state index in [2.05, 4.69) is 164 Å². The molecule has 0 N–H and O–H groups in total. The van der Waals surface area contributed by atoms with Crippen molar-refractivity contribution >= 4 is 11.1 Å². The van der Waals surface area contributed by atoms with Gasteiger partial charge in [0, 0.05) is 24.7 Å². The molecule has 2 heteroatoms. The summed E-state index contributed by atoms with van der Waals surface area (Å²) in [7, 11) is 1.75. The zero-order valence-electron chi connectivity index (χ0n) is 23.9. The largest absolute Gasteiger partial charge is 0.496 e. The Morgan fingerprint density at radius 1 is 0.537 bits per heavy atom. The standard InChI is InChI=1S/C39H37NO/c1-31(36-25-15-16-26-39(36)41-2)40(29-27-37(32-17-7-3-8-18-32)33-19-9-4-10-20-33)30-28-38(34-21-11-5-12-22-34)35-23-13-6-14-24-35/h3-28,31H,29-30H2,1-2H3. The summed E-state index contributed by atoms with van der Waals surface area (Å²) in [6, 6.07) is 51.1. The van der Waals surface area contributed by atoms with Crippen LogP contribution in [0.3, 0.4) is 0 Å². The quantitative estimate of drug-likeness (QED) is 0.167. The van der Waals surface area contributed by atoms with E-state index in [0.29, 0.717) is 0 Å². The first-order valence-corrected chi connectivity index (χ1v) is 14.2. The maximum Gasteiger partial charge on any atom is 0.123 e. The highest BCUT2D eigenvalue weighted by Crippen LogP contribution is 2.31. The van der Waals surface area contributed by atoms with Gasteiger partial charge in [0.2, 0.25) is 0 Å². The van der Waals surface area contributed by atoms with Crippen molar-refractivity contribution in [3.8, 4) is 5.75 Å². The molecule has 1 unspecified atom stereocenters. The van der Waals surface area contributed by atoms with Gasteiger partial charge in [0.1, 0.15) is 5.75 Å². The molecule has 0 bridgehead atoms. The Morgan fingerprint density at radius 2 is 0.878 bits per heavy atom. The van der Waals surface area contributed by atoms with Gasteiger partial charge in [-0.1, -0.05) is 152 Å². The molecule has 0 fully saturated rings. The van der Waals surface area contributed by atoms with Gasteiger partial charge in [0.05, 0.1) is 7.11 Å². The van der Waals surface area contributed by atoms with Crippen LogP contribution in [-0.4, -0.2) is 25.1 Å². The molecule has 5 aromatic carbocycles. The van der Waals surface area contributed by atoms with Crippen LogP contribution in [-0.2, 0) is 0 Å². The van der Waals surface area contributed by atoms with Gasteiger partial charge in [-0.15, -0.1) is 0 Å². The third-order valence-electron chi connectivity index (χ3n) is 7.54. The summed E-state index contributed by atoms with van der Waals surface area (Å²) < 4.78 is 5.79. The fourth-order valence-corrected chi connectivity index (χ4v) is 5.29. The molecule has 0 saturated heterocycles. The number of ether oxygens (including phenoxy) is 1. The molecule has 0 aliphatic rings. The lowest BCUT2D eigenvalue weighted by Gasteiger charge is -2.29. The molecule has 0 radical (unpaired) electrons. The van der Waals surface area contributed by atoms with Crippen LogP contribution in [0, 0.1) is 0 Å². The van der Waals surface area contributed by atoms with E-state index in [1.807, 2.05) is 6.07 Å². The van der Waals surface area contributed by atoms with E-state index in [1.165, 1.54) is 39.0 Å². The third kappa shape index (κ3) is 7.11. The van der Waals surface area contributed by atoms with Crippen LogP contribution in [0.5, 0.6) is 5.75 Å². The van der Waals surface area contributed by atoms with E-state index in [-0.39, 0.29) is 6.04 Å². The second-order valence-corrected chi connectivity index (χ2v) is 10.1. The number of benzene rings is 5. The molecule has 41 heavy (non-hydrogen) atoms. The van der Waals surface area contributed by atoms with E-state index in [4.69, 9.17) is 4.74 Å². The first-order valence-electron chi connectivity index (χ1n) is 14.2. The Morgan fingerprint density at radius 3 is 1.24 bits per heavy atom. The van der Waals surface area contributed by atoms with E-state index in [9.17, 15) is 0 Å². The van der Waals surface area contributed by atoms with Crippen LogP contribution in [0.25, 0.3) is 11.1 Å². The first kappa shape index (κ1) is 27.9. The van der Waals surface area contributed by atoms with Gasteiger partial charge < -0.3 is 4.74 Å². The Hall–Kier alpha value is -4.66. The SMILES string of the molecule is COc1ccccc1C(C)N(CC=C(c1ccccc1)c1ccccc1)CC=C(c1ccccc1)c1ccccc1. The van der Waals surface area contributed by atoms with Gasteiger partial charge in [0.15, 0.2) is 0 Å². The maximum absolute atomic E-state index is 5.79. The van der Waals surface area contributed by atoms with Gasteiger partial charge in [-0.25, -0.2) is 0 Å². The van der Waals surface area contributed by atoms with Crippen molar-refractivity contribution in [1.29, 1.82) is 0 Å². The van der Waals surface area contributed by atoms with Crippen LogP contribution < -0.4 is 4.74 Å². The van der Waals surface area contributed by atoms with Gasteiger partial charge >= 0.3 is 0 Å². The molecule has 0 saturated carbocycles. The molecule has 0 spiro atoms. The average Bonchev–Trinajstić information content (AvgIpc) is 3.05. The number of hydrogen-bond donors (Lipinski definition) is 0. The van der Waals surface area contributed by atoms with E-state index < -0.39 is 0 Å². The van der Waals surface area contributed by atoms with Gasteiger partial charge in [0.25, 0.3) is 0 Å². The highest BCUT2D eigenvalue weighted by Gasteiger charge is 2.19. The molecule has 0 amide bonds. The van der Waals surface area contributed by atoms with Crippen molar-refractivity contribution in [2.24, 2.45) is 0 Å². The van der Waals surface area contributed by atoms with Crippen LogP contribution in [0.15, 0.2) is 158 Å². The fourth-order valence-electron chi connectivity index (χ4n) is 5.29. The minimum Gasteiger partial charge on any atom is -0.496 e. The first-order chi connectivity index (χ1) is 20.2. The van der Waals surface area contributed by atoms with Crippen LogP contribution in [0.1, 0.15) is 40.8 Å². The number of nitrogens with zero attached hydrogens (tertiary/aromatic N) is 1. The normalized spacial score (nSPS) is 11.5. The lowest BCUT2D eigenvalue weighted by Crippen LogP contribution is -2.28. The Kier molecular flexibility index (Phi) is 9.60. The predicted octanol–water partition coefficient (Wildman–Crippen LogP) is 9.32. The number of hydrogen-bond acceptors (Lipinski definition) is 2. The van der Waals surface area contributed by atoms with Crippen molar-refractivity contribution in [2.45, 2.75) is 13.0 Å².